The van der Waals surface area contributed by atoms with Crippen molar-refractivity contribution in [3.8, 4) is 0 Å². The maximum absolute atomic E-state index is 13.2. The molecule has 42 heavy (non-hydrogen) atoms. The van der Waals surface area contributed by atoms with E-state index >= 15 is 0 Å². The predicted molar refractivity (Wildman–Crippen MR) is 156 cm³/mol. The van der Waals surface area contributed by atoms with Crippen molar-refractivity contribution in [2.24, 2.45) is 15.9 Å². The highest BCUT2D eigenvalue weighted by atomic mass is 32.2. The zero-order valence-corrected chi connectivity index (χ0v) is 25.0. The lowest BCUT2D eigenvalue weighted by Gasteiger charge is -2.49. The SMILES string of the molecule is COC1C=C(N)N=C(SCC2=C(C(=O)O)N3C(=O)C(NC(=O)/C(=N\OC(C)CC(=O)O)c4csc(N)n4)[C@@H]3SC2)N1C. The Hall–Kier alpha value is -3.81. The molecule has 0 saturated carbocycles. The molecule has 3 aliphatic rings. The van der Waals surface area contributed by atoms with Crippen LogP contribution < -0.4 is 16.8 Å². The monoisotopic (exact) mass is 640 g/mol. The Bertz CT molecular complexity index is 1410. The highest BCUT2D eigenvalue weighted by Gasteiger charge is 2.54. The minimum atomic E-state index is -1.27. The quantitative estimate of drug-likeness (QED) is 0.120. The number of methoxy groups -OCH3 is 1. The van der Waals surface area contributed by atoms with Gasteiger partial charge in [-0.2, -0.15) is 0 Å². The number of thiazole rings is 1. The molecular weight excluding hydrogens is 613 g/mol. The number of oxime groups is 1. The maximum atomic E-state index is 13.2. The maximum Gasteiger partial charge on any atom is 0.352 e. The number of nitrogens with two attached hydrogens (primary N) is 2. The van der Waals surface area contributed by atoms with Crippen LogP contribution in [0, 0.1) is 0 Å². The van der Waals surface area contributed by atoms with Gasteiger partial charge in [0, 0.05) is 37.1 Å². The van der Waals surface area contributed by atoms with E-state index in [2.05, 4.69) is 20.4 Å². The van der Waals surface area contributed by atoms with E-state index in [1.54, 1.807) is 18.0 Å². The number of nitrogens with one attached hydrogen (secondary N) is 1. The largest absolute Gasteiger partial charge is 0.481 e. The fraction of sp³-hybridized carbons (Fsp3) is 0.435. The molecule has 7 N–H and O–H groups in total. The molecule has 3 aliphatic heterocycles. The number of carbonyl (C=O) groups excluding carboxylic acids is 2. The third kappa shape index (κ3) is 6.63. The van der Waals surface area contributed by atoms with Gasteiger partial charge >= 0.3 is 11.9 Å². The fourth-order valence-corrected chi connectivity index (χ4v) is 7.18. The first-order valence-corrected chi connectivity index (χ1v) is 15.1. The summed E-state index contributed by atoms with van der Waals surface area (Å²) in [4.78, 5) is 66.0. The van der Waals surface area contributed by atoms with E-state index in [0.29, 0.717) is 10.7 Å². The molecule has 3 unspecified atom stereocenters. The smallest absolute Gasteiger partial charge is 0.352 e. The van der Waals surface area contributed by atoms with Gasteiger partial charge < -0.3 is 41.5 Å². The summed E-state index contributed by atoms with van der Waals surface area (Å²) in [5.41, 5.74) is 11.7. The molecule has 1 saturated heterocycles. The van der Waals surface area contributed by atoms with Crippen LogP contribution in [0.15, 0.2) is 38.7 Å². The van der Waals surface area contributed by atoms with Crippen LogP contribution in [0.1, 0.15) is 19.0 Å². The number of nitrogen functional groups attached to an aromatic ring is 1. The molecule has 4 heterocycles. The van der Waals surface area contributed by atoms with Gasteiger partial charge in [0.2, 0.25) is 0 Å². The number of likely N-dealkylation sites (N-methyl/N-ethyl adjacent to an activating group) is 1. The number of β-lactam (4-membered cyclic amide) rings is 1. The summed E-state index contributed by atoms with van der Waals surface area (Å²) in [6.45, 7) is 1.46. The van der Waals surface area contributed by atoms with Gasteiger partial charge in [-0.15, -0.1) is 23.1 Å². The number of nitrogens with zero attached hydrogens (tertiary/aromatic N) is 5. The summed E-state index contributed by atoms with van der Waals surface area (Å²) in [6, 6.07) is -1.05. The number of ether oxygens (including phenoxy) is 1. The summed E-state index contributed by atoms with van der Waals surface area (Å²) >= 11 is 3.61. The summed E-state index contributed by atoms with van der Waals surface area (Å²) in [5.74, 6) is -3.04. The number of hydrogen-bond donors (Lipinski definition) is 5. The lowest BCUT2D eigenvalue weighted by atomic mass is 10.0. The molecule has 16 nitrogen and oxygen atoms in total. The van der Waals surface area contributed by atoms with E-state index in [9.17, 15) is 24.3 Å². The summed E-state index contributed by atoms with van der Waals surface area (Å²) < 4.78 is 5.37. The van der Waals surface area contributed by atoms with E-state index in [1.807, 2.05) is 0 Å². The number of aliphatic carboxylic acids is 2. The average Bonchev–Trinajstić information content (AvgIpc) is 3.36. The van der Waals surface area contributed by atoms with Crippen molar-refractivity contribution in [2.45, 2.75) is 37.1 Å². The second-order valence-corrected chi connectivity index (χ2v) is 12.1. The van der Waals surface area contributed by atoms with Crippen LogP contribution in [-0.4, -0.2) is 109 Å². The fourth-order valence-electron chi connectivity index (χ4n) is 4.14. The number of carboxylic acid groups (broad SMARTS) is 2. The van der Waals surface area contributed by atoms with Crippen molar-refractivity contribution < 1.29 is 39.0 Å². The molecule has 4 atom stereocenters. The molecule has 1 fully saturated rings. The van der Waals surface area contributed by atoms with Gasteiger partial charge in [0.1, 0.15) is 34.7 Å². The molecule has 0 bridgehead atoms. The number of thioether (sulfide) groups is 2. The van der Waals surface area contributed by atoms with Gasteiger partial charge in [0.25, 0.3) is 11.8 Å². The second kappa shape index (κ2) is 13.0. The molecule has 19 heteroatoms. The van der Waals surface area contributed by atoms with Gasteiger partial charge in [0.15, 0.2) is 22.2 Å². The molecule has 0 spiro atoms. The van der Waals surface area contributed by atoms with E-state index in [-0.39, 0.29) is 46.0 Å². The van der Waals surface area contributed by atoms with E-state index < -0.39 is 47.5 Å². The molecule has 0 radical (unpaired) electrons. The zero-order chi connectivity index (χ0) is 30.7. The first kappa shape index (κ1) is 31.1. The first-order chi connectivity index (χ1) is 19.9. The van der Waals surface area contributed by atoms with Gasteiger partial charge in [0.05, 0.1) is 6.42 Å². The van der Waals surface area contributed by atoms with Gasteiger partial charge in [-0.3, -0.25) is 19.3 Å². The molecule has 1 aromatic heterocycles. The topological polar surface area (TPSA) is 235 Å². The van der Waals surface area contributed by atoms with E-state index in [4.69, 9.17) is 26.1 Å². The van der Waals surface area contributed by atoms with Crippen LogP contribution in [-0.2, 0) is 28.8 Å². The summed E-state index contributed by atoms with van der Waals surface area (Å²) in [6.07, 6.45) is -0.00686. The summed E-state index contributed by atoms with van der Waals surface area (Å²) in [5, 5.41) is 26.8. The number of rotatable bonds is 11. The number of carbonyl (C=O) groups is 4. The second-order valence-electron chi connectivity index (χ2n) is 9.15. The molecule has 4 rings (SSSR count). The van der Waals surface area contributed by atoms with Crippen LogP contribution in [0.5, 0.6) is 0 Å². The third-order valence-corrected chi connectivity index (χ3v) is 9.28. The Morgan fingerprint density at radius 1 is 1.33 bits per heavy atom. The first-order valence-electron chi connectivity index (χ1n) is 12.2. The Balaban J connectivity index is 1.48. The standard InChI is InChI=1S/C23H28N8O8S3/c1-9(4-14(32)33)39-29-15(11-8-41-22(25)26-11)18(34)28-16-19(35)31-17(21(36)37)10(6-40-20(16)31)7-42-23-27-12(24)5-13(38-3)30(23)2/h5,8-9,13,16,20H,4,6-7,24H2,1-3H3,(H2,25,26)(H,28,34)(H,32,33)(H,36,37)/b29-15-/t9?,13?,16?,20-/m0/s1. The van der Waals surface area contributed by atoms with Crippen molar-refractivity contribution in [1.29, 1.82) is 0 Å². The number of carboxylic acids is 2. The highest BCUT2D eigenvalue weighted by Crippen LogP contribution is 2.41. The van der Waals surface area contributed by atoms with Gasteiger partial charge in [-0.1, -0.05) is 16.9 Å². The van der Waals surface area contributed by atoms with E-state index in [1.165, 1.54) is 42.9 Å². The van der Waals surface area contributed by atoms with Crippen LogP contribution in [0.2, 0.25) is 0 Å². The van der Waals surface area contributed by atoms with Crippen molar-refractivity contribution in [3.05, 3.63) is 34.2 Å². The Kier molecular flexibility index (Phi) is 9.64. The van der Waals surface area contributed by atoms with Gasteiger partial charge in [-0.25, -0.2) is 14.8 Å². The number of hydrogen-bond acceptors (Lipinski definition) is 15. The van der Waals surface area contributed by atoms with Crippen LogP contribution in [0.3, 0.4) is 0 Å². The lowest BCUT2D eigenvalue weighted by molar-refractivity contribution is -0.150. The van der Waals surface area contributed by atoms with Crippen molar-refractivity contribution in [1.82, 2.24) is 20.1 Å². The Labute approximate surface area is 251 Å². The minimum absolute atomic E-state index is 0.0738. The normalized spacial score (nSPS) is 23.0. The highest BCUT2D eigenvalue weighted by molar-refractivity contribution is 8.14. The summed E-state index contributed by atoms with van der Waals surface area (Å²) in [7, 11) is 3.29. The molecule has 1 aromatic rings. The van der Waals surface area contributed by atoms with Crippen LogP contribution in [0.4, 0.5) is 5.13 Å². The molecular formula is C23H28N8O8S3. The molecule has 0 aromatic carbocycles. The minimum Gasteiger partial charge on any atom is -0.481 e. The van der Waals surface area contributed by atoms with Gasteiger partial charge in [-0.05, 0) is 12.5 Å². The molecule has 0 aliphatic carbocycles. The van der Waals surface area contributed by atoms with Crippen molar-refractivity contribution in [2.75, 3.05) is 31.4 Å². The predicted octanol–water partition coefficient (Wildman–Crippen LogP) is -0.145. The number of aliphatic imine (C=N–C) groups is 1. The van der Waals surface area contributed by atoms with Crippen LogP contribution >= 0.6 is 34.9 Å². The van der Waals surface area contributed by atoms with Crippen LogP contribution in [0.25, 0.3) is 0 Å². The van der Waals surface area contributed by atoms with Crippen molar-refractivity contribution >= 4 is 74.6 Å². The number of amides is 2. The third-order valence-electron chi connectivity index (χ3n) is 6.14. The average molecular weight is 641 g/mol. The lowest BCUT2D eigenvalue weighted by Crippen LogP contribution is -2.71. The Morgan fingerprint density at radius 2 is 2.07 bits per heavy atom. The van der Waals surface area contributed by atoms with E-state index in [0.717, 1.165) is 16.2 Å². The number of anilines is 1. The number of amidine groups is 1. The zero-order valence-electron chi connectivity index (χ0n) is 22.5. The Morgan fingerprint density at radius 3 is 2.69 bits per heavy atom. The number of fused-ring (bicyclic) bond motifs is 1. The molecule has 226 valence electrons. The van der Waals surface area contributed by atoms with Crippen molar-refractivity contribution in [3.63, 3.8) is 0 Å². The number of aromatic nitrogens is 1. The molecule has 2 amide bonds.